The van der Waals surface area contributed by atoms with E-state index in [2.05, 4.69) is 10.0 Å². The summed E-state index contributed by atoms with van der Waals surface area (Å²) in [7, 11) is -1.14. The molecule has 0 aliphatic rings. The third-order valence-electron chi connectivity index (χ3n) is 4.94. The fourth-order valence-electron chi connectivity index (χ4n) is 3.21. The fourth-order valence-corrected chi connectivity index (χ4v) is 4.46. The van der Waals surface area contributed by atoms with Crippen LogP contribution in [-0.2, 0) is 21.2 Å². The van der Waals surface area contributed by atoms with E-state index in [4.69, 9.17) is 9.47 Å². The lowest BCUT2D eigenvalue weighted by Crippen LogP contribution is -2.22. The quantitative estimate of drug-likeness (QED) is 0.480. The van der Waals surface area contributed by atoms with Gasteiger partial charge in [-0.15, -0.1) is 0 Å². The molecule has 3 aromatic rings. The lowest BCUT2D eigenvalue weighted by Gasteiger charge is -2.16. The molecule has 2 N–H and O–H groups in total. The average molecular weight is 473 g/mol. The van der Waals surface area contributed by atoms with E-state index in [1.807, 2.05) is 0 Å². The minimum Gasteiger partial charge on any atom is -0.497 e. The van der Waals surface area contributed by atoms with Gasteiger partial charge in [0.2, 0.25) is 5.91 Å². The van der Waals surface area contributed by atoms with Crippen LogP contribution in [0.5, 0.6) is 11.5 Å². The lowest BCUT2D eigenvalue weighted by molar-refractivity contribution is -0.119. The number of hydrogen-bond acceptors (Lipinski definition) is 5. The Morgan fingerprint density at radius 3 is 2.30 bits per heavy atom. The molecule has 0 aliphatic heterocycles. The van der Waals surface area contributed by atoms with Gasteiger partial charge in [-0.05, 0) is 66.6 Å². The van der Waals surface area contributed by atoms with Gasteiger partial charge in [-0.1, -0.05) is 19.1 Å². The number of ether oxygens (including phenoxy) is 2. The Balaban J connectivity index is 1.78. The largest absolute Gasteiger partial charge is 0.497 e. The molecule has 1 amide bonds. The molecule has 0 aromatic heterocycles. The zero-order valence-corrected chi connectivity index (χ0v) is 19.3. The first-order valence-corrected chi connectivity index (χ1v) is 11.6. The van der Waals surface area contributed by atoms with Gasteiger partial charge < -0.3 is 14.8 Å². The smallest absolute Gasteiger partial charge is 0.265 e. The van der Waals surface area contributed by atoms with Crippen LogP contribution in [0.15, 0.2) is 71.6 Å². The van der Waals surface area contributed by atoms with Crippen molar-refractivity contribution in [2.24, 2.45) is 5.92 Å². The van der Waals surface area contributed by atoms with E-state index in [1.54, 1.807) is 49.4 Å². The van der Waals surface area contributed by atoms with Gasteiger partial charge in [-0.3, -0.25) is 9.52 Å². The standard InChI is InChI=1S/C24H25FN2O5S/c1-16(13-17-5-4-6-18(25)14-17)24(28)26-20-9-12-22(32-3)23(15-20)33(29,30)27-19-7-10-21(31-2)11-8-19/h4-12,14-16,27H,13H2,1-3H3,(H,26,28). The van der Waals surface area contributed by atoms with E-state index in [0.717, 1.165) is 0 Å². The summed E-state index contributed by atoms with van der Waals surface area (Å²) in [6.07, 6.45) is 0.337. The zero-order valence-electron chi connectivity index (χ0n) is 18.5. The Hall–Kier alpha value is -3.59. The molecular formula is C24H25FN2O5S. The van der Waals surface area contributed by atoms with Crippen molar-refractivity contribution in [3.05, 3.63) is 78.1 Å². The summed E-state index contributed by atoms with van der Waals surface area (Å²) >= 11 is 0. The number of carbonyl (C=O) groups is 1. The molecule has 3 aromatic carbocycles. The van der Waals surface area contributed by atoms with Crippen molar-refractivity contribution in [2.45, 2.75) is 18.2 Å². The van der Waals surface area contributed by atoms with Crippen molar-refractivity contribution < 1.29 is 27.1 Å². The molecule has 0 saturated carbocycles. The van der Waals surface area contributed by atoms with E-state index >= 15 is 0 Å². The number of anilines is 2. The molecule has 0 heterocycles. The van der Waals surface area contributed by atoms with Crippen LogP contribution in [0.25, 0.3) is 0 Å². The highest BCUT2D eigenvalue weighted by molar-refractivity contribution is 7.92. The Morgan fingerprint density at radius 1 is 0.970 bits per heavy atom. The molecule has 33 heavy (non-hydrogen) atoms. The van der Waals surface area contributed by atoms with Crippen molar-refractivity contribution in [1.82, 2.24) is 0 Å². The molecule has 1 unspecified atom stereocenters. The maximum atomic E-state index is 13.4. The van der Waals surface area contributed by atoms with Crippen LogP contribution in [0.2, 0.25) is 0 Å². The van der Waals surface area contributed by atoms with E-state index in [9.17, 15) is 17.6 Å². The highest BCUT2D eigenvalue weighted by Gasteiger charge is 2.22. The van der Waals surface area contributed by atoms with Crippen LogP contribution in [0.3, 0.4) is 0 Å². The van der Waals surface area contributed by atoms with E-state index in [0.29, 0.717) is 29.1 Å². The van der Waals surface area contributed by atoms with Gasteiger partial charge in [0.15, 0.2) is 0 Å². The number of carbonyl (C=O) groups excluding carboxylic acids is 1. The molecule has 9 heteroatoms. The lowest BCUT2D eigenvalue weighted by atomic mass is 10.0. The number of nitrogens with one attached hydrogen (secondary N) is 2. The van der Waals surface area contributed by atoms with Crippen LogP contribution >= 0.6 is 0 Å². The third kappa shape index (κ3) is 6.23. The molecule has 0 saturated heterocycles. The normalized spacial score (nSPS) is 12.0. The van der Waals surface area contributed by atoms with Gasteiger partial charge in [-0.25, -0.2) is 12.8 Å². The Labute approximate surface area is 192 Å². The molecule has 0 spiro atoms. The second-order valence-corrected chi connectivity index (χ2v) is 9.07. The van der Waals surface area contributed by atoms with Gasteiger partial charge in [0.25, 0.3) is 10.0 Å². The second-order valence-electron chi connectivity index (χ2n) is 7.42. The predicted octanol–water partition coefficient (Wildman–Crippen LogP) is 4.46. The van der Waals surface area contributed by atoms with Crippen LogP contribution in [-0.4, -0.2) is 28.5 Å². The van der Waals surface area contributed by atoms with Gasteiger partial charge in [-0.2, -0.15) is 0 Å². The van der Waals surface area contributed by atoms with Crippen molar-refractivity contribution >= 4 is 27.3 Å². The van der Waals surface area contributed by atoms with Gasteiger partial charge in [0.05, 0.1) is 14.2 Å². The highest BCUT2D eigenvalue weighted by atomic mass is 32.2. The summed E-state index contributed by atoms with van der Waals surface area (Å²) in [5, 5.41) is 2.72. The number of benzene rings is 3. The molecule has 3 rings (SSSR count). The van der Waals surface area contributed by atoms with E-state index in [1.165, 1.54) is 38.5 Å². The van der Waals surface area contributed by atoms with Crippen molar-refractivity contribution in [3.63, 3.8) is 0 Å². The molecular weight excluding hydrogens is 447 g/mol. The second kappa shape index (κ2) is 10.4. The number of hydrogen-bond donors (Lipinski definition) is 2. The first-order chi connectivity index (χ1) is 15.7. The third-order valence-corrected chi connectivity index (χ3v) is 6.34. The zero-order chi connectivity index (χ0) is 24.0. The topological polar surface area (TPSA) is 93.7 Å². The van der Waals surface area contributed by atoms with Crippen LogP contribution in [0.4, 0.5) is 15.8 Å². The summed E-state index contributed by atoms with van der Waals surface area (Å²) in [6, 6.07) is 16.8. The SMILES string of the molecule is COc1ccc(NS(=O)(=O)c2cc(NC(=O)C(C)Cc3cccc(F)c3)ccc2OC)cc1. The number of halogens is 1. The Bertz CT molecular complexity index is 1230. The number of amides is 1. The van der Waals surface area contributed by atoms with E-state index in [-0.39, 0.29) is 22.4 Å². The first-order valence-electron chi connectivity index (χ1n) is 10.1. The summed E-state index contributed by atoms with van der Waals surface area (Å²) in [6.45, 7) is 1.71. The van der Waals surface area contributed by atoms with Crippen LogP contribution in [0.1, 0.15) is 12.5 Å². The highest BCUT2D eigenvalue weighted by Crippen LogP contribution is 2.29. The van der Waals surface area contributed by atoms with E-state index < -0.39 is 15.9 Å². The molecule has 0 bridgehead atoms. The minimum absolute atomic E-state index is 0.127. The van der Waals surface area contributed by atoms with Crippen LogP contribution in [0, 0.1) is 11.7 Å². The minimum atomic E-state index is -4.02. The Morgan fingerprint density at radius 2 is 1.67 bits per heavy atom. The van der Waals surface area contributed by atoms with Gasteiger partial charge in [0, 0.05) is 17.3 Å². The number of methoxy groups -OCH3 is 2. The van der Waals surface area contributed by atoms with Crippen molar-refractivity contribution in [3.8, 4) is 11.5 Å². The molecule has 1 atom stereocenters. The fraction of sp³-hybridized carbons (Fsp3) is 0.208. The van der Waals surface area contributed by atoms with Gasteiger partial charge >= 0.3 is 0 Å². The molecule has 0 fully saturated rings. The average Bonchev–Trinajstić information content (AvgIpc) is 2.79. The van der Waals surface area contributed by atoms with Gasteiger partial charge in [0.1, 0.15) is 22.2 Å². The predicted molar refractivity (Wildman–Crippen MR) is 125 cm³/mol. The molecule has 0 radical (unpaired) electrons. The summed E-state index contributed by atoms with van der Waals surface area (Å²) < 4.78 is 52.2. The molecule has 0 aliphatic carbocycles. The maximum absolute atomic E-state index is 13.4. The monoisotopic (exact) mass is 472 g/mol. The number of rotatable bonds is 9. The first kappa shape index (κ1) is 24.1. The molecule has 174 valence electrons. The maximum Gasteiger partial charge on any atom is 0.265 e. The van der Waals surface area contributed by atoms with Crippen molar-refractivity contribution in [1.29, 1.82) is 0 Å². The Kier molecular flexibility index (Phi) is 7.55. The van der Waals surface area contributed by atoms with Crippen molar-refractivity contribution in [2.75, 3.05) is 24.3 Å². The summed E-state index contributed by atoms with van der Waals surface area (Å²) in [5.74, 6) is -0.439. The molecule has 7 nitrogen and oxygen atoms in total. The summed E-state index contributed by atoms with van der Waals surface area (Å²) in [4.78, 5) is 12.5. The summed E-state index contributed by atoms with van der Waals surface area (Å²) in [5.41, 5.74) is 1.33. The van der Waals surface area contributed by atoms with Crippen LogP contribution < -0.4 is 19.5 Å². The number of sulfonamides is 1.